The Balaban J connectivity index is 2.67. The number of benzene rings is 1. The van der Waals surface area contributed by atoms with E-state index in [0.717, 1.165) is 10.9 Å². The van der Waals surface area contributed by atoms with E-state index >= 15 is 0 Å². The van der Waals surface area contributed by atoms with E-state index in [2.05, 4.69) is 21.2 Å². The van der Waals surface area contributed by atoms with Crippen molar-refractivity contribution in [1.29, 1.82) is 0 Å². The highest BCUT2D eigenvalue weighted by Crippen LogP contribution is 2.21. The largest absolute Gasteiger partial charge is 0.478 e. The number of carboxylic acids is 1. The fourth-order valence-corrected chi connectivity index (χ4v) is 1.67. The number of carboxylic acid groups (broad SMARTS) is 1. The third-order valence-electron chi connectivity index (χ3n) is 2.11. The van der Waals surface area contributed by atoms with Gasteiger partial charge in [-0.1, -0.05) is 15.9 Å². The molecule has 5 heteroatoms. The molecule has 0 aliphatic rings. The molecule has 0 aliphatic carbocycles. The Hall–Kier alpha value is -1.07. The zero-order chi connectivity index (χ0) is 12.0. The van der Waals surface area contributed by atoms with Crippen molar-refractivity contribution in [3.05, 3.63) is 28.2 Å². The van der Waals surface area contributed by atoms with Gasteiger partial charge < -0.3 is 15.5 Å². The van der Waals surface area contributed by atoms with Gasteiger partial charge in [-0.05, 0) is 31.0 Å². The van der Waals surface area contributed by atoms with Gasteiger partial charge in [0, 0.05) is 23.3 Å². The van der Waals surface area contributed by atoms with Crippen LogP contribution in [0.1, 0.15) is 23.2 Å². The normalized spacial score (nSPS) is 10.1. The lowest BCUT2D eigenvalue weighted by atomic mass is 10.1. The van der Waals surface area contributed by atoms with E-state index < -0.39 is 5.97 Å². The quantitative estimate of drug-likeness (QED) is 0.703. The minimum Gasteiger partial charge on any atom is -0.478 e. The summed E-state index contributed by atoms with van der Waals surface area (Å²) in [5.41, 5.74) is 0.854. The number of rotatable bonds is 6. The Morgan fingerprint density at radius 2 is 2.12 bits per heavy atom. The van der Waals surface area contributed by atoms with Crippen LogP contribution in [-0.2, 0) is 0 Å². The molecule has 0 saturated heterocycles. The highest BCUT2D eigenvalue weighted by Gasteiger charge is 2.09. The number of aliphatic hydroxyl groups is 1. The number of carbonyl (C=O) groups is 1. The maximum Gasteiger partial charge on any atom is 0.337 e. The maximum absolute atomic E-state index is 11.0. The summed E-state index contributed by atoms with van der Waals surface area (Å²) >= 11 is 3.23. The van der Waals surface area contributed by atoms with E-state index in [1.54, 1.807) is 18.2 Å². The molecule has 0 atom stereocenters. The van der Waals surface area contributed by atoms with Crippen molar-refractivity contribution in [3.8, 4) is 0 Å². The van der Waals surface area contributed by atoms with E-state index in [1.807, 2.05) is 0 Å². The highest BCUT2D eigenvalue weighted by atomic mass is 79.9. The van der Waals surface area contributed by atoms with E-state index in [-0.39, 0.29) is 12.2 Å². The van der Waals surface area contributed by atoms with Crippen molar-refractivity contribution < 1.29 is 15.0 Å². The average molecular weight is 288 g/mol. The zero-order valence-electron chi connectivity index (χ0n) is 8.74. The molecular formula is C11H14BrNO3. The summed E-state index contributed by atoms with van der Waals surface area (Å²) in [4.78, 5) is 11.0. The van der Waals surface area contributed by atoms with Crippen LogP contribution in [0.15, 0.2) is 22.7 Å². The van der Waals surface area contributed by atoms with Gasteiger partial charge in [0.2, 0.25) is 0 Å². The van der Waals surface area contributed by atoms with E-state index in [0.29, 0.717) is 18.7 Å². The standard InChI is InChI=1S/C11H14BrNO3/c12-8-3-4-10(9(7-8)11(15)16)13-5-1-2-6-14/h3-4,7,13-14H,1-2,5-6H2,(H,15,16). The van der Waals surface area contributed by atoms with Crippen molar-refractivity contribution in [3.63, 3.8) is 0 Å². The summed E-state index contributed by atoms with van der Waals surface area (Å²) in [6, 6.07) is 5.09. The summed E-state index contributed by atoms with van der Waals surface area (Å²) in [6.07, 6.45) is 1.53. The fourth-order valence-electron chi connectivity index (χ4n) is 1.31. The van der Waals surface area contributed by atoms with Crippen molar-refractivity contribution in [2.75, 3.05) is 18.5 Å². The van der Waals surface area contributed by atoms with Crippen LogP contribution in [0.4, 0.5) is 5.69 Å². The van der Waals surface area contributed by atoms with Crippen LogP contribution in [0.2, 0.25) is 0 Å². The SMILES string of the molecule is O=C(O)c1cc(Br)ccc1NCCCCO. The molecule has 0 aliphatic heterocycles. The first kappa shape index (κ1) is 13.0. The number of halogens is 1. The van der Waals surface area contributed by atoms with Crippen molar-refractivity contribution >= 4 is 27.6 Å². The molecule has 3 N–H and O–H groups in total. The van der Waals surface area contributed by atoms with Gasteiger partial charge in [-0.25, -0.2) is 4.79 Å². The number of unbranched alkanes of at least 4 members (excludes halogenated alkanes) is 1. The topological polar surface area (TPSA) is 69.6 Å². The molecule has 0 saturated carbocycles. The second kappa shape index (κ2) is 6.50. The lowest BCUT2D eigenvalue weighted by Crippen LogP contribution is -2.08. The van der Waals surface area contributed by atoms with Crippen LogP contribution in [0.3, 0.4) is 0 Å². The molecule has 1 rings (SSSR count). The summed E-state index contributed by atoms with van der Waals surface area (Å²) in [7, 11) is 0. The Morgan fingerprint density at radius 1 is 1.38 bits per heavy atom. The van der Waals surface area contributed by atoms with Gasteiger partial charge in [-0.15, -0.1) is 0 Å². The molecule has 0 aromatic heterocycles. The Labute approximate surface area is 102 Å². The number of nitrogens with one attached hydrogen (secondary N) is 1. The van der Waals surface area contributed by atoms with Gasteiger partial charge in [-0.2, -0.15) is 0 Å². The van der Waals surface area contributed by atoms with Crippen LogP contribution >= 0.6 is 15.9 Å². The third kappa shape index (κ3) is 3.83. The molecule has 0 radical (unpaired) electrons. The van der Waals surface area contributed by atoms with E-state index in [4.69, 9.17) is 10.2 Å². The molecule has 0 heterocycles. The minimum atomic E-state index is -0.953. The lowest BCUT2D eigenvalue weighted by molar-refractivity contribution is 0.0698. The van der Waals surface area contributed by atoms with Gasteiger partial charge in [0.15, 0.2) is 0 Å². The molecule has 0 bridgehead atoms. The van der Waals surface area contributed by atoms with Gasteiger partial charge in [0.1, 0.15) is 0 Å². The average Bonchev–Trinajstić information content (AvgIpc) is 2.26. The molecule has 0 unspecified atom stereocenters. The van der Waals surface area contributed by atoms with Gasteiger partial charge >= 0.3 is 5.97 Å². The first-order valence-electron chi connectivity index (χ1n) is 5.02. The summed E-state index contributed by atoms with van der Waals surface area (Å²) in [5.74, 6) is -0.953. The molecule has 88 valence electrons. The van der Waals surface area contributed by atoms with Crippen molar-refractivity contribution in [1.82, 2.24) is 0 Å². The number of anilines is 1. The number of aromatic carboxylic acids is 1. The number of hydrogen-bond donors (Lipinski definition) is 3. The predicted octanol–water partition coefficient (Wildman–Crippen LogP) is 2.33. The van der Waals surface area contributed by atoms with Crippen molar-refractivity contribution in [2.24, 2.45) is 0 Å². The van der Waals surface area contributed by atoms with Crippen LogP contribution in [0.5, 0.6) is 0 Å². The molecule has 0 amide bonds. The van der Waals surface area contributed by atoms with Gasteiger partial charge in [0.25, 0.3) is 0 Å². The van der Waals surface area contributed by atoms with Gasteiger partial charge in [-0.3, -0.25) is 0 Å². The highest BCUT2D eigenvalue weighted by molar-refractivity contribution is 9.10. The lowest BCUT2D eigenvalue weighted by Gasteiger charge is -2.09. The second-order valence-corrected chi connectivity index (χ2v) is 4.27. The Morgan fingerprint density at radius 3 is 2.75 bits per heavy atom. The van der Waals surface area contributed by atoms with Crippen molar-refractivity contribution in [2.45, 2.75) is 12.8 Å². The molecule has 1 aromatic carbocycles. The fraction of sp³-hybridized carbons (Fsp3) is 0.364. The first-order valence-corrected chi connectivity index (χ1v) is 5.82. The summed E-state index contributed by atoms with van der Waals surface area (Å²) < 4.78 is 0.741. The van der Waals surface area contributed by atoms with E-state index in [1.165, 1.54) is 0 Å². The first-order chi connectivity index (χ1) is 7.65. The monoisotopic (exact) mass is 287 g/mol. The Kier molecular flexibility index (Phi) is 5.28. The minimum absolute atomic E-state index is 0.161. The van der Waals surface area contributed by atoms with Crippen LogP contribution in [0, 0.1) is 0 Å². The van der Waals surface area contributed by atoms with E-state index in [9.17, 15) is 4.79 Å². The summed E-state index contributed by atoms with van der Waals surface area (Å²) in [5, 5.41) is 20.7. The third-order valence-corrected chi connectivity index (χ3v) is 2.61. The van der Waals surface area contributed by atoms with Crippen LogP contribution < -0.4 is 5.32 Å². The molecule has 0 fully saturated rings. The number of aliphatic hydroxyl groups excluding tert-OH is 1. The van der Waals surface area contributed by atoms with Crippen LogP contribution in [-0.4, -0.2) is 29.3 Å². The number of hydrogen-bond acceptors (Lipinski definition) is 3. The molecular weight excluding hydrogens is 274 g/mol. The smallest absolute Gasteiger partial charge is 0.337 e. The predicted molar refractivity (Wildman–Crippen MR) is 65.9 cm³/mol. The maximum atomic E-state index is 11.0. The second-order valence-electron chi connectivity index (χ2n) is 3.35. The molecule has 4 nitrogen and oxygen atoms in total. The molecule has 0 spiro atoms. The summed E-state index contributed by atoms with van der Waals surface area (Å²) in [6.45, 7) is 0.816. The molecule has 1 aromatic rings. The Bertz CT molecular complexity index is 368. The van der Waals surface area contributed by atoms with Gasteiger partial charge in [0.05, 0.1) is 5.56 Å². The molecule has 16 heavy (non-hydrogen) atoms. The van der Waals surface area contributed by atoms with Crippen LogP contribution in [0.25, 0.3) is 0 Å². The zero-order valence-corrected chi connectivity index (χ0v) is 10.3.